The molecule has 1 saturated heterocycles. The molecule has 1 atom stereocenters. The first-order valence-electron chi connectivity index (χ1n) is 7.96. The predicted octanol–water partition coefficient (Wildman–Crippen LogP) is 2.01. The molecule has 1 amide bonds. The first-order valence-corrected chi connectivity index (χ1v) is 7.96. The van der Waals surface area contributed by atoms with Crippen LogP contribution < -0.4 is 0 Å². The third-order valence-electron chi connectivity index (χ3n) is 4.26. The lowest BCUT2D eigenvalue weighted by molar-refractivity contribution is -0.147. The zero-order chi connectivity index (χ0) is 17.3. The van der Waals surface area contributed by atoms with Crippen molar-refractivity contribution in [1.82, 2.24) is 15.0 Å². The molecular formula is C16H25N3O4. The van der Waals surface area contributed by atoms with Crippen molar-refractivity contribution in [3.8, 4) is 0 Å². The summed E-state index contributed by atoms with van der Waals surface area (Å²) in [5.74, 6) is 0.356. The summed E-state index contributed by atoms with van der Waals surface area (Å²) in [5.41, 5.74) is -0.974. The van der Waals surface area contributed by atoms with Gasteiger partial charge in [0.2, 0.25) is 11.8 Å². The Balaban J connectivity index is 1.80. The van der Waals surface area contributed by atoms with Crippen LogP contribution in [0, 0.1) is 5.41 Å². The molecule has 1 N–H and O–H groups in total. The number of carboxylic acids is 1. The quantitative estimate of drug-likeness (QED) is 0.890. The van der Waals surface area contributed by atoms with Crippen molar-refractivity contribution in [2.45, 2.75) is 58.8 Å². The monoisotopic (exact) mass is 323 g/mol. The van der Waals surface area contributed by atoms with Crippen molar-refractivity contribution in [3.05, 3.63) is 11.7 Å². The fraction of sp³-hybridized carbons (Fsp3) is 0.750. The molecule has 128 valence electrons. The Hall–Kier alpha value is -1.92. The maximum atomic E-state index is 12.2. The van der Waals surface area contributed by atoms with E-state index in [2.05, 4.69) is 10.1 Å². The molecular weight excluding hydrogens is 298 g/mol. The van der Waals surface area contributed by atoms with Crippen molar-refractivity contribution < 1.29 is 19.2 Å². The predicted molar refractivity (Wildman–Crippen MR) is 82.9 cm³/mol. The highest BCUT2D eigenvalue weighted by Crippen LogP contribution is 2.30. The number of rotatable bonds is 5. The molecule has 1 aromatic rings. The second-order valence-corrected chi connectivity index (χ2v) is 7.55. The van der Waals surface area contributed by atoms with Gasteiger partial charge in [-0.15, -0.1) is 0 Å². The number of carboxylic acid groups (broad SMARTS) is 1. The van der Waals surface area contributed by atoms with Gasteiger partial charge in [-0.25, -0.2) is 0 Å². The maximum absolute atomic E-state index is 12.2. The first kappa shape index (κ1) is 17.4. The third-order valence-corrected chi connectivity index (χ3v) is 4.26. The van der Waals surface area contributed by atoms with Crippen LogP contribution in [0.5, 0.6) is 0 Å². The van der Waals surface area contributed by atoms with Crippen LogP contribution in [0.3, 0.4) is 0 Å². The van der Waals surface area contributed by atoms with Gasteiger partial charge >= 0.3 is 5.97 Å². The molecule has 0 radical (unpaired) electrons. The molecule has 2 rings (SSSR count). The minimum atomic E-state index is -0.839. The van der Waals surface area contributed by atoms with Crippen molar-refractivity contribution in [2.75, 3.05) is 13.1 Å². The molecule has 1 aromatic heterocycles. The number of hydrogen-bond donors (Lipinski definition) is 1. The number of aromatic nitrogens is 2. The fourth-order valence-electron chi connectivity index (χ4n) is 2.56. The van der Waals surface area contributed by atoms with E-state index in [1.807, 2.05) is 20.8 Å². The molecule has 23 heavy (non-hydrogen) atoms. The molecule has 0 aliphatic carbocycles. The summed E-state index contributed by atoms with van der Waals surface area (Å²) in [6, 6.07) is 0. The van der Waals surface area contributed by atoms with Crippen LogP contribution in [0.25, 0.3) is 0 Å². The zero-order valence-corrected chi connectivity index (χ0v) is 14.3. The number of aliphatic carboxylic acids is 1. The van der Waals surface area contributed by atoms with Crippen LogP contribution in [0.2, 0.25) is 0 Å². The van der Waals surface area contributed by atoms with Crippen molar-refractivity contribution in [1.29, 1.82) is 0 Å². The van der Waals surface area contributed by atoms with Gasteiger partial charge in [-0.3, -0.25) is 9.59 Å². The smallest absolute Gasteiger partial charge is 0.311 e. The number of carbonyl (C=O) groups is 2. The van der Waals surface area contributed by atoms with Crippen LogP contribution in [0.4, 0.5) is 0 Å². The lowest BCUT2D eigenvalue weighted by Crippen LogP contribution is -2.34. The van der Waals surface area contributed by atoms with E-state index in [0.717, 1.165) is 0 Å². The number of nitrogens with zero attached hydrogens (tertiary/aromatic N) is 3. The second kappa shape index (κ2) is 6.29. The van der Waals surface area contributed by atoms with E-state index in [1.54, 1.807) is 11.8 Å². The van der Waals surface area contributed by atoms with Gasteiger partial charge in [0.25, 0.3) is 0 Å². The van der Waals surface area contributed by atoms with E-state index in [9.17, 15) is 14.7 Å². The SMILES string of the molecule is CC(C)(C)c1noc(CCCC(=O)N2CC[C@](C)(C(=O)O)C2)n1. The van der Waals surface area contributed by atoms with Gasteiger partial charge in [0.1, 0.15) is 0 Å². The first-order chi connectivity index (χ1) is 10.6. The Kier molecular flexibility index (Phi) is 4.77. The average molecular weight is 323 g/mol. The highest BCUT2D eigenvalue weighted by molar-refractivity contribution is 5.80. The average Bonchev–Trinajstić information content (AvgIpc) is 3.06. The molecule has 1 aliphatic rings. The Bertz CT molecular complexity index is 590. The maximum Gasteiger partial charge on any atom is 0.311 e. The third kappa shape index (κ3) is 4.09. The minimum Gasteiger partial charge on any atom is -0.481 e. The van der Waals surface area contributed by atoms with E-state index in [1.165, 1.54) is 0 Å². The second-order valence-electron chi connectivity index (χ2n) is 7.55. The van der Waals surface area contributed by atoms with Gasteiger partial charge in [0, 0.05) is 31.3 Å². The van der Waals surface area contributed by atoms with Gasteiger partial charge in [-0.05, 0) is 19.8 Å². The lowest BCUT2D eigenvalue weighted by atomic mass is 9.90. The largest absolute Gasteiger partial charge is 0.481 e. The van der Waals surface area contributed by atoms with Crippen molar-refractivity contribution in [3.63, 3.8) is 0 Å². The summed E-state index contributed by atoms with van der Waals surface area (Å²) in [5, 5.41) is 13.2. The molecule has 0 aromatic carbocycles. The van der Waals surface area contributed by atoms with Gasteiger partial charge < -0.3 is 14.5 Å². The molecule has 1 aliphatic heterocycles. The molecule has 0 bridgehead atoms. The summed E-state index contributed by atoms with van der Waals surface area (Å²) < 4.78 is 5.20. The van der Waals surface area contributed by atoms with Gasteiger partial charge in [-0.1, -0.05) is 25.9 Å². The summed E-state index contributed by atoms with van der Waals surface area (Å²) in [7, 11) is 0. The summed E-state index contributed by atoms with van der Waals surface area (Å²) >= 11 is 0. The minimum absolute atomic E-state index is 0.00876. The molecule has 1 fully saturated rings. The number of hydrogen-bond acceptors (Lipinski definition) is 5. The van der Waals surface area contributed by atoms with E-state index < -0.39 is 11.4 Å². The van der Waals surface area contributed by atoms with Crippen LogP contribution in [0.15, 0.2) is 4.52 Å². The number of amides is 1. The summed E-state index contributed by atoms with van der Waals surface area (Å²) in [4.78, 5) is 29.4. The van der Waals surface area contributed by atoms with Gasteiger partial charge in [-0.2, -0.15) is 4.98 Å². The van der Waals surface area contributed by atoms with E-state index >= 15 is 0 Å². The van der Waals surface area contributed by atoms with Crippen molar-refractivity contribution in [2.24, 2.45) is 5.41 Å². The number of likely N-dealkylation sites (tertiary alicyclic amines) is 1. The van der Waals surface area contributed by atoms with Gasteiger partial charge in [0.05, 0.1) is 5.41 Å². The van der Waals surface area contributed by atoms with Crippen LogP contribution in [-0.4, -0.2) is 45.1 Å². The topological polar surface area (TPSA) is 96.5 Å². The van der Waals surface area contributed by atoms with E-state index in [4.69, 9.17) is 4.52 Å². The number of aryl methyl sites for hydroxylation is 1. The molecule has 0 saturated carbocycles. The molecule has 7 heteroatoms. The van der Waals surface area contributed by atoms with Crippen molar-refractivity contribution >= 4 is 11.9 Å². The zero-order valence-electron chi connectivity index (χ0n) is 14.3. The Labute approximate surface area is 136 Å². The highest BCUT2D eigenvalue weighted by atomic mass is 16.5. The van der Waals surface area contributed by atoms with E-state index in [0.29, 0.717) is 43.9 Å². The highest BCUT2D eigenvalue weighted by Gasteiger charge is 2.41. The van der Waals surface area contributed by atoms with Crippen LogP contribution in [-0.2, 0) is 21.4 Å². The Morgan fingerprint density at radius 3 is 2.61 bits per heavy atom. The summed E-state index contributed by atoms with van der Waals surface area (Å²) in [6.45, 7) is 8.52. The van der Waals surface area contributed by atoms with Crippen LogP contribution in [0.1, 0.15) is 58.7 Å². The molecule has 7 nitrogen and oxygen atoms in total. The van der Waals surface area contributed by atoms with E-state index in [-0.39, 0.29) is 17.9 Å². The molecule has 2 heterocycles. The fourth-order valence-corrected chi connectivity index (χ4v) is 2.56. The van der Waals surface area contributed by atoms with Gasteiger partial charge in [0.15, 0.2) is 5.82 Å². The normalized spacial score (nSPS) is 21.7. The Morgan fingerprint density at radius 2 is 2.09 bits per heavy atom. The summed E-state index contributed by atoms with van der Waals surface area (Å²) in [6.07, 6.45) is 2.04. The molecule has 0 unspecified atom stereocenters. The Morgan fingerprint density at radius 1 is 1.39 bits per heavy atom. The molecule has 0 spiro atoms. The number of carbonyl (C=O) groups excluding carboxylic acids is 1. The van der Waals surface area contributed by atoms with Crippen LogP contribution >= 0.6 is 0 Å². The standard InChI is InChI=1S/C16H25N3O4/c1-15(2,3)13-17-11(23-18-13)6-5-7-12(20)19-9-8-16(4,10-19)14(21)22/h5-10H2,1-4H3,(H,21,22)/t16-/m0/s1. The lowest BCUT2D eigenvalue weighted by Gasteiger charge is -2.20.